The van der Waals surface area contributed by atoms with Gasteiger partial charge in [-0.05, 0) is 45.9 Å². The number of hydrogen-bond donors (Lipinski definition) is 0. The van der Waals surface area contributed by atoms with Crippen LogP contribution >= 0.6 is 0 Å². The summed E-state index contributed by atoms with van der Waals surface area (Å²) in [6.07, 6.45) is 2.86. The first-order chi connectivity index (χ1) is 7.79. The molecule has 0 aliphatic rings. The van der Waals surface area contributed by atoms with E-state index < -0.39 is 11.6 Å². The summed E-state index contributed by atoms with van der Waals surface area (Å²) in [4.78, 5) is 23.2. The molecule has 1 aromatic rings. The highest BCUT2D eigenvalue weighted by atomic mass is 16.6. The van der Waals surface area contributed by atoms with Gasteiger partial charge in [0.2, 0.25) is 0 Å². The molecule has 0 aliphatic carbocycles. The van der Waals surface area contributed by atoms with Gasteiger partial charge in [0, 0.05) is 0 Å². The molecule has 92 valence electrons. The van der Waals surface area contributed by atoms with Crippen molar-refractivity contribution in [1.82, 2.24) is 0 Å². The first kappa shape index (κ1) is 13.2. The van der Waals surface area contributed by atoms with Crippen molar-refractivity contribution in [3.63, 3.8) is 0 Å². The summed E-state index contributed by atoms with van der Waals surface area (Å²) in [6.45, 7) is 6.55. The van der Waals surface area contributed by atoms with Crippen LogP contribution in [-0.2, 0) is 14.3 Å². The Morgan fingerprint density at radius 2 is 2.00 bits per heavy atom. The third-order valence-electron chi connectivity index (χ3n) is 1.83. The Hall–Kier alpha value is -1.84. The van der Waals surface area contributed by atoms with E-state index in [1.807, 2.05) is 0 Å². The molecule has 0 N–H and O–H groups in total. The normalized spacial score (nSPS) is 12.4. The minimum absolute atomic E-state index is 0.0186. The molecule has 0 bridgehead atoms. The number of esters is 1. The van der Waals surface area contributed by atoms with Crippen LogP contribution in [-0.4, -0.2) is 17.4 Å². The van der Waals surface area contributed by atoms with E-state index in [4.69, 9.17) is 9.15 Å². The average molecular weight is 236 g/mol. The average Bonchev–Trinajstić information content (AvgIpc) is 2.62. The molecule has 0 aliphatic heterocycles. The Balaban J connectivity index is 2.95. The lowest BCUT2D eigenvalue weighted by Crippen LogP contribution is -2.26. The fourth-order valence-electron chi connectivity index (χ4n) is 1.15. The maximum Gasteiger partial charge on any atom is 0.342 e. The molecule has 4 heteroatoms. The van der Waals surface area contributed by atoms with Crippen molar-refractivity contribution in [3.8, 4) is 0 Å². The fourth-order valence-corrected chi connectivity index (χ4v) is 1.15. The van der Waals surface area contributed by atoms with E-state index in [9.17, 15) is 9.59 Å². The van der Waals surface area contributed by atoms with Crippen LogP contribution in [0.2, 0.25) is 0 Å². The molecule has 1 heterocycles. The zero-order valence-corrected chi connectivity index (χ0v) is 10.4. The van der Waals surface area contributed by atoms with Crippen molar-refractivity contribution >= 4 is 17.8 Å². The zero-order valence-electron chi connectivity index (χ0n) is 10.4. The number of furan rings is 1. The largest absolute Gasteiger partial charge is 0.465 e. The van der Waals surface area contributed by atoms with Crippen LogP contribution in [0.15, 0.2) is 28.4 Å². The van der Waals surface area contributed by atoms with Gasteiger partial charge in [-0.25, -0.2) is 4.79 Å². The van der Waals surface area contributed by atoms with Crippen molar-refractivity contribution in [3.05, 3.63) is 29.7 Å². The van der Waals surface area contributed by atoms with Crippen molar-refractivity contribution in [2.24, 2.45) is 0 Å². The molecule has 0 amide bonds. The topological polar surface area (TPSA) is 56.5 Å². The number of Topliss-reactive ketones (excluding diaryl/α,β-unsaturated/α-hetero) is 1. The van der Waals surface area contributed by atoms with E-state index in [0.717, 1.165) is 0 Å². The van der Waals surface area contributed by atoms with Gasteiger partial charge in [-0.1, -0.05) is 0 Å². The van der Waals surface area contributed by atoms with Gasteiger partial charge < -0.3 is 9.15 Å². The molecule has 0 aromatic carbocycles. The van der Waals surface area contributed by atoms with Crippen LogP contribution in [0.25, 0.3) is 6.08 Å². The lowest BCUT2D eigenvalue weighted by Gasteiger charge is -2.19. The highest BCUT2D eigenvalue weighted by Gasteiger charge is 2.22. The van der Waals surface area contributed by atoms with Crippen LogP contribution in [0.1, 0.15) is 33.5 Å². The second-order valence-electron chi connectivity index (χ2n) is 4.63. The highest BCUT2D eigenvalue weighted by Crippen LogP contribution is 2.14. The van der Waals surface area contributed by atoms with Crippen molar-refractivity contribution in [2.75, 3.05) is 0 Å². The monoisotopic (exact) mass is 236 g/mol. The van der Waals surface area contributed by atoms with Crippen LogP contribution in [0, 0.1) is 0 Å². The molecular formula is C13H16O4. The minimum Gasteiger partial charge on any atom is -0.465 e. The summed E-state index contributed by atoms with van der Waals surface area (Å²) < 4.78 is 10.2. The second-order valence-corrected chi connectivity index (χ2v) is 4.63. The summed E-state index contributed by atoms with van der Waals surface area (Å²) in [5.41, 5.74) is -0.649. The minimum atomic E-state index is -0.638. The van der Waals surface area contributed by atoms with Gasteiger partial charge >= 0.3 is 5.97 Å². The Bertz CT molecular complexity index is 432. The highest BCUT2D eigenvalue weighted by molar-refractivity contribution is 6.19. The standard InChI is InChI=1S/C13H16O4/c1-9(14)11(8-10-6-5-7-16-10)12(15)17-13(2,3)4/h5-8H,1-4H3/b11-8-. The lowest BCUT2D eigenvalue weighted by molar-refractivity contribution is -0.150. The Kier molecular flexibility index (Phi) is 3.89. The number of ether oxygens (including phenoxy) is 1. The third kappa shape index (κ3) is 4.26. The first-order valence-corrected chi connectivity index (χ1v) is 5.29. The van der Waals surface area contributed by atoms with Crippen LogP contribution in [0.3, 0.4) is 0 Å². The van der Waals surface area contributed by atoms with Gasteiger partial charge in [0.1, 0.15) is 16.9 Å². The number of carbonyl (C=O) groups excluding carboxylic acids is 2. The van der Waals surface area contributed by atoms with E-state index in [2.05, 4.69) is 0 Å². The summed E-state index contributed by atoms with van der Waals surface area (Å²) in [6, 6.07) is 3.34. The first-order valence-electron chi connectivity index (χ1n) is 5.29. The SMILES string of the molecule is CC(=O)/C(=C/c1ccco1)C(=O)OC(C)(C)C. The fraction of sp³-hybridized carbons (Fsp3) is 0.385. The van der Waals surface area contributed by atoms with Gasteiger partial charge in [0.15, 0.2) is 5.78 Å². The molecule has 1 rings (SSSR count). The lowest BCUT2D eigenvalue weighted by atomic mass is 10.1. The molecule has 0 unspecified atom stereocenters. The molecule has 0 fully saturated rings. The van der Waals surface area contributed by atoms with Gasteiger partial charge in [0.05, 0.1) is 6.26 Å². The van der Waals surface area contributed by atoms with Crippen LogP contribution < -0.4 is 0 Å². The van der Waals surface area contributed by atoms with Crippen molar-refractivity contribution < 1.29 is 18.7 Å². The van der Waals surface area contributed by atoms with Crippen LogP contribution in [0.5, 0.6) is 0 Å². The smallest absolute Gasteiger partial charge is 0.342 e. The molecule has 0 atom stereocenters. The molecule has 1 aromatic heterocycles. The van der Waals surface area contributed by atoms with Gasteiger partial charge in [-0.2, -0.15) is 0 Å². The molecule has 4 nitrogen and oxygen atoms in total. The van der Waals surface area contributed by atoms with Crippen LogP contribution in [0.4, 0.5) is 0 Å². The van der Waals surface area contributed by atoms with E-state index >= 15 is 0 Å². The zero-order chi connectivity index (χ0) is 13.1. The summed E-state index contributed by atoms with van der Waals surface area (Å²) in [5, 5.41) is 0. The van der Waals surface area contributed by atoms with E-state index in [-0.39, 0.29) is 11.4 Å². The predicted molar refractivity (Wildman–Crippen MR) is 63.2 cm³/mol. The Morgan fingerprint density at radius 3 is 2.41 bits per heavy atom. The van der Waals surface area contributed by atoms with E-state index in [1.165, 1.54) is 19.3 Å². The Morgan fingerprint density at radius 1 is 1.35 bits per heavy atom. The maximum absolute atomic E-state index is 11.8. The van der Waals surface area contributed by atoms with Crippen molar-refractivity contribution in [1.29, 1.82) is 0 Å². The summed E-state index contributed by atoms with van der Waals surface area (Å²) >= 11 is 0. The van der Waals surface area contributed by atoms with Gasteiger partial charge in [0.25, 0.3) is 0 Å². The summed E-state index contributed by atoms with van der Waals surface area (Å²) in [7, 11) is 0. The summed E-state index contributed by atoms with van der Waals surface area (Å²) in [5.74, 6) is -0.543. The van der Waals surface area contributed by atoms with Crippen molar-refractivity contribution in [2.45, 2.75) is 33.3 Å². The molecule has 0 saturated heterocycles. The van der Waals surface area contributed by atoms with E-state index in [1.54, 1.807) is 32.9 Å². The van der Waals surface area contributed by atoms with Gasteiger partial charge in [-0.15, -0.1) is 0 Å². The molecule has 17 heavy (non-hydrogen) atoms. The van der Waals surface area contributed by atoms with E-state index in [0.29, 0.717) is 5.76 Å². The number of ketones is 1. The van der Waals surface area contributed by atoms with Gasteiger partial charge in [-0.3, -0.25) is 4.79 Å². The number of carbonyl (C=O) groups is 2. The number of rotatable bonds is 3. The quantitative estimate of drug-likeness (QED) is 0.350. The second kappa shape index (κ2) is 4.99. The third-order valence-corrected chi connectivity index (χ3v) is 1.83. The Labute approximate surface area is 100 Å². The molecular weight excluding hydrogens is 220 g/mol. The maximum atomic E-state index is 11.8. The predicted octanol–water partition coefficient (Wildman–Crippen LogP) is 2.59. The molecule has 0 spiro atoms. The number of hydrogen-bond acceptors (Lipinski definition) is 4. The molecule has 0 radical (unpaired) electrons. The molecule has 0 saturated carbocycles.